The molecule has 0 unspecified atom stereocenters. The van der Waals surface area contributed by atoms with Crippen LogP contribution in [0.25, 0.3) is 0 Å². The van der Waals surface area contributed by atoms with Crippen LogP contribution >= 0.6 is 11.8 Å². The molecule has 0 spiro atoms. The van der Waals surface area contributed by atoms with E-state index in [-0.39, 0.29) is 22.3 Å². The molecule has 0 aliphatic carbocycles. The Kier molecular flexibility index (Phi) is 7.73. The van der Waals surface area contributed by atoms with E-state index in [4.69, 9.17) is 0 Å². The van der Waals surface area contributed by atoms with Crippen molar-refractivity contribution in [1.82, 2.24) is 14.8 Å². The molecule has 3 rings (SSSR count). The number of carbonyl (C=O) groups excluding carboxylic acids is 1. The van der Waals surface area contributed by atoms with Crippen LogP contribution in [0.5, 0.6) is 0 Å². The molecule has 32 heavy (non-hydrogen) atoms. The van der Waals surface area contributed by atoms with Crippen LogP contribution in [0.3, 0.4) is 0 Å². The third kappa shape index (κ3) is 5.58. The van der Waals surface area contributed by atoms with E-state index in [2.05, 4.69) is 22.4 Å². The molecule has 0 fully saturated rings. The number of anilines is 1. The summed E-state index contributed by atoms with van der Waals surface area (Å²) >= 11 is 1.25. The zero-order valence-electron chi connectivity index (χ0n) is 18.8. The lowest BCUT2D eigenvalue weighted by Gasteiger charge is -2.13. The Morgan fingerprint density at radius 2 is 1.78 bits per heavy atom. The molecule has 0 saturated carbocycles. The Morgan fingerprint density at radius 3 is 2.44 bits per heavy atom. The summed E-state index contributed by atoms with van der Waals surface area (Å²) in [5, 5.41) is 11.8. The zero-order chi connectivity index (χ0) is 23.3. The van der Waals surface area contributed by atoms with Gasteiger partial charge in [-0.15, -0.1) is 10.2 Å². The lowest BCUT2D eigenvalue weighted by Crippen LogP contribution is -2.17. The van der Waals surface area contributed by atoms with E-state index in [9.17, 15) is 13.2 Å². The van der Waals surface area contributed by atoms with Gasteiger partial charge in [-0.3, -0.25) is 4.79 Å². The average Bonchev–Trinajstić information content (AvgIpc) is 3.14. The highest BCUT2D eigenvalue weighted by Crippen LogP contribution is 2.24. The monoisotopic (exact) mass is 472 g/mol. The number of para-hydroxylation sites is 1. The average molecular weight is 473 g/mol. The minimum absolute atomic E-state index is 0.140. The molecule has 1 aromatic heterocycles. The minimum atomic E-state index is -3.55. The van der Waals surface area contributed by atoms with Crippen molar-refractivity contribution in [1.29, 1.82) is 0 Å². The van der Waals surface area contributed by atoms with Crippen LogP contribution in [0.15, 0.2) is 52.5 Å². The summed E-state index contributed by atoms with van der Waals surface area (Å²) in [5.41, 5.74) is 3.95. The van der Waals surface area contributed by atoms with E-state index < -0.39 is 9.84 Å². The molecule has 0 radical (unpaired) electrons. The van der Waals surface area contributed by atoms with Crippen molar-refractivity contribution in [2.45, 2.75) is 56.5 Å². The van der Waals surface area contributed by atoms with Crippen molar-refractivity contribution in [2.75, 3.05) is 11.1 Å². The fourth-order valence-corrected chi connectivity index (χ4v) is 5.45. The van der Waals surface area contributed by atoms with E-state index in [1.807, 2.05) is 39.0 Å². The molecule has 1 heterocycles. The standard InChI is InChI=1S/C23H28N4O3S2/c1-5-18-9-7-8-17(4)22(18)24-21(28)14-31-23-26-25-20(27(23)6-2)15-32(29,30)19-12-10-16(3)11-13-19/h7-13H,5-6,14-15H2,1-4H3,(H,24,28). The van der Waals surface area contributed by atoms with Gasteiger partial charge in [0.2, 0.25) is 5.91 Å². The molecular formula is C23H28N4O3S2. The van der Waals surface area contributed by atoms with Crippen molar-refractivity contribution in [3.8, 4) is 0 Å². The van der Waals surface area contributed by atoms with Crippen LogP contribution in [0.4, 0.5) is 5.69 Å². The van der Waals surface area contributed by atoms with Gasteiger partial charge in [0.15, 0.2) is 15.0 Å². The lowest BCUT2D eigenvalue weighted by molar-refractivity contribution is -0.113. The highest BCUT2D eigenvalue weighted by atomic mass is 32.2. The van der Waals surface area contributed by atoms with E-state index in [0.29, 0.717) is 17.5 Å². The summed E-state index contributed by atoms with van der Waals surface area (Å²) in [6.07, 6.45) is 0.827. The fraction of sp³-hybridized carbons (Fsp3) is 0.348. The van der Waals surface area contributed by atoms with E-state index in [1.165, 1.54) is 11.8 Å². The predicted octanol–water partition coefficient (Wildman–Crippen LogP) is 4.18. The topological polar surface area (TPSA) is 94.0 Å². The molecule has 3 aromatic rings. The second-order valence-corrected chi connectivity index (χ2v) is 10.4. The smallest absolute Gasteiger partial charge is 0.234 e. The third-order valence-electron chi connectivity index (χ3n) is 5.15. The number of hydrogen-bond acceptors (Lipinski definition) is 6. The zero-order valence-corrected chi connectivity index (χ0v) is 20.4. The molecule has 7 nitrogen and oxygen atoms in total. The first-order valence-corrected chi connectivity index (χ1v) is 13.1. The minimum Gasteiger partial charge on any atom is -0.325 e. The molecule has 1 amide bonds. The first kappa shape index (κ1) is 24.0. The highest BCUT2D eigenvalue weighted by Gasteiger charge is 2.21. The molecule has 170 valence electrons. The molecule has 0 bridgehead atoms. The van der Waals surface area contributed by atoms with Crippen LogP contribution in [-0.2, 0) is 33.4 Å². The Labute approximate surface area is 193 Å². The molecular weight excluding hydrogens is 444 g/mol. The van der Waals surface area contributed by atoms with Crippen molar-refractivity contribution in [2.24, 2.45) is 0 Å². The van der Waals surface area contributed by atoms with E-state index in [1.54, 1.807) is 28.8 Å². The normalized spacial score (nSPS) is 11.5. The second-order valence-electron chi connectivity index (χ2n) is 7.51. The summed E-state index contributed by atoms with van der Waals surface area (Å²) in [5.74, 6) is 0.134. The SMILES string of the molecule is CCc1cccc(C)c1NC(=O)CSc1nnc(CS(=O)(=O)c2ccc(C)cc2)n1CC. The lowest BCUT2D eigenvalue weighted by atomic mass is 10.1. The van der Waals surface area contributed by atoms with E-state index in [0.717, 1.165) is 28.8 Å². The molecule has 0 saturated heterocycles. The summed E-state index contributed by atoms with van der Waals surface area (Å²) in [6.45, 7) is 8.33. The summed E-state index contributed by atoms with van der Waals surface area (Å²) in [7, 11) is -3.55. The van der Waals surface area contributed by atoms with Gasteiger partial charge in [-0.25, -0.2) is 8.42 Å². The molecule has 0 aliphatic heterocycles. The number of nitrogens with zero attached hydrogens (tertiary/aromatic N) is 3. The maximum Gasteiger partial charge on any atom is 0.234 e. The number of hydrogen-bond donors (Lipinski definition) is 1. The highest BCUT2D eigenvalue weighted by molar-refractivity contribution is 7.99. The number of amides is 1. The number of thioether (sulfide) groups is 1. The van der Waals surface area contributed by atoms with Gasteiger partial charge in [-0.05, 0) is 50.5 Å². The number of nitrogens with one attached hydrogen (secondary N) is 1. The van der Waals surface area contributed by atoms with Crippen molar-refractivity contribution in [3.05, 3.63) is 65.0 Å². The van der Waals surface area contributed by atoms with Gasteiger partial charge in [-0.2, -0.15) is 0 Å². The summed E-state index contributed by atoms with van der Waals surface area (Å²) in [6, 6.07) is 12.7. The van der Waals surface area contributed by atoms with Crippen LogP contribution in [-0.4, -0.2) is 34.8 Å². The first-order chi connectivity index (χ1) is 15.2. The van der Waals surface area contributed by atoms with Crippen LogP contribution in [0.1, 0.15) is 36.4 Å². The van der Waals surface area contributed by atoms with Crippen LogP contribution in [0, 0.1) is 13.8 Å². The van der Waals surface area contributed by atoms with Crippen LogP contribution in [0.2, 0.25) is 0 Å². The molecule has 1 N–H and O–H groups in total. The van der Waals surface area contributed by atoms with Gasteiger partial charge in [0, 0.05) is 12.2 Å². The van der Waals surface area contributed by atoms with Crippen LogP contribution < -0.4 is 5.32 Å². The number of aromatic nitrogens is 3. The molecule has 9 heteroatoms. The Balaban J connectivity index is 1.70. The van der Waals surface area contributed by atoms with Gasteiger partial charge in [0.1, 0.15) is 11.6 Å². The Bertz CT molecular complexity index is 1200. The number of benzene rings is 2. The molecule has 2 aromatic carbocycles. The maximum absolute atomic E-state index is 12.8. The third-order valence-corrected chi connectivity index (χ3v) is 7.74. The largest absolute Gasteiger partial charge is 0.325 e. The summed E-state index contributed by atoms with van der Waals surface area (Å²) < 4.78 is 27.3. The van der Waals surface area contributed by atoms with Gasteiger partial charge < -0.3 is 9.88 Å². The number of carbonyl (C=O) groups is 1. The second kappa shape index (κ2) is 10.3. The first-order valence-electron chi connectivity index (χ1n) is 10.5. The molecule has 0 atom stereocenters. The maximum atomic E-state index is 12.8. The van der Waals surface area contributed by atoms with Crippen molar-refractivity contribution < 1.29 is 13.2 Å². The molecule has 0 aliphatic rings. The number of aryl methyl sites for hydroxylation is 3. The predicted molar refractivity (Wildman–Crippen MR) is 128 cm³/mol. The Hall–Kier alpha value is -2.65. The quantitative estimate of drug-likeness (QED) is 0.470. The van der Waals surface area contributed by atoms with Crippen molar-refractivity contribution in [3.63, 3.8) is 0 Å². The fourth-order valence-electron chi connectivity index (χ4n) is 3.36. The number of sulfone groups is 1. The van der Waals surface area contributed by atoms with Gasteiger partial charge in [-0.1, -0.05) is 54.6 Å². The number of rotatable bonds is 9. The van der Waals surface area contributed by atoms with Gasteiger partial charge >= 0.3 is 0 Å². The summed E-state index contributed by atoms with van der Waals surface area (Å²) in [4.78, 5) is 12.8. The van der Waals surface area contributed by atoms with E-state index >= 15 is 0 Å². The van der Waals surface area contributed by atoms with Gasteiger partial charge in [0.05, 0.1) is 10.6 Å². The van der Waals surface area contributed by atoms with Gasteiger partial charge in [0.25, 0.3) is 0 Å². The van der Waals surface area contributed by atoms with Crippen molar-refractivity contribution >= 4 is 33.2 Å². The Morgan fingerprint density at radius 1 is 1.06 bits per heavy atom.